The molecule has 0 bridgehead atoms. The van der Waals surface area contributed by atoms with Gasteiger partial charge in [-0.15, -0.1) is 0 Å². The van der Waals surface area contributed by atoms with Gasteiger partial charge in [0.15, 0.2) is 0 Å². The van der Waals surface area contributed by atoms with E-state index < -0.39 is 0 Å². The Labute approximate surface area is 141 Å². The van der Waals surface area contributed by atoms with Gasteiger partial charge in [-0.1, -0.05) is 18.2 Å². The van der Waals surface area contributed by atoms with Crippen molar-refractivity contribution < 1.29 is 9.53 Å². The number of nitrogens with zero attached hydrogens (tertiary/aromatic N) is 2. The molecule has 0 aliphatic rings. The Morgan fingerprint density at radius 1 is 0.917 bits per heavy atom. The van der Waals surface area contributed by atoms with E-state index >= 15 is 0 Å². The first-order chi connectivity index (χ1) is 11.7. The van der Waals surface area contributed by atoms with Gasteiger partial charge in [0, 0.05) is 16.9 Å². The van der Waals surface area contributed by atoms with Crippen LogP contribution in [0.1, 0.15) is 16.1 Å². The van der Waals surface area contributed by atoms with Crippen LogP contribution in [-0.4, -0.2) is 18.0 Å². The third-order valence-corrected chi connectivity index (χ3v) is 3.71. The third-order valence-electron chi connectivity index (χ3n) is 3.71. The zero-order valence-electron chi connectivity index (χ0n) is 13.6. The second-order valence-electron chi connectivity index (χ2n) is 5.36. The van der Waals surface area contributed by atoms with Crippen molar-refractivity contribution in [3.63, 3.8) is 0 Å². The zero-order chi connectivity index (χ0) is 16.9. The van der Waals surface area contributed by atoms with Crippen molar-refractivity contribution in [1.29, 1.82) is 0 Å². The normalized spacial score (nSPS) is 10.2. The number of anilines is 2. The van der Waals surface area contributed by atoms with Gasteiger partial charge in [0.05, 0.1) is 19.0 Å². The Balaban J connectivity index is 2.06. The zero-order valence-corrected chi connectivity index (χ0v) is 13.6. The summed E-state index contributed by atoms with van der Waals surface area (Å²) in [5.41, 5.74) is 3.00. The molecular weight excluding hydrogens is 300 g/mol. The third kappa shape index (κ3) is 3.27. The van der Waals surface area contributed by atoms with Gasteiger partial charge in [0.2, 0.25) is 0 Å². The van der Waals surface area contributed by atoms with Crippen molar-refractivity contribution >= 4 is 17.3 Å². The highest BCUT2D eigenvalue weighted by Gasteiger charge is 2.20. The van der Waals surface area contributed by atoms with Crippen LogP contribution in [0.25, 0.3) is 0 Å². The van der Waals surface area contributed by atoms with Crippen LogP contribution < -0.4 is 9.64 Å². The number of benzene rings is 2. The number of amides is 1. The predicted molar refractivity (Wildman–Crippen MR) is 94.9 cm³/mol. The smallest absolute Gasteiger partial charge is 0.262 e. The Morgan fingerprint density at radius 2 is 1.58 bits per heavy atom. The molecule has 3 rings (SSSR count). The molecule has 1 heterocycles. The Morgan fingerprint density at radius 3 is 2.17 bits per heavy atom. The number of rotatable bonds is 4. The number of carbonyl (C=O) groups is 1. The molecule has 0 radical (unpaired) electrons. The van der Waals surface area contributed by atoms with Crippen LogP contribution in [0.4, 0.5) is 11.4 Å². The summed E-state index contributed by atoms with van der Waals surface area (Å²) in [6.07, 6.45) is 1.71. The maximum absolute atomic E-state index is 13.1. The minimum atomic E-state index is -0.105. The van der Waals surface area contributed by atoms with Crippen LogP contribution in [0, 0.1) is 6.92 Å². The molecule has 3 aromatic rings. The number of aryl methyl sites for hydroxylation is 1. The fraction of sp³-hybridized carbons (Fsp3) is 0.100. The van der Waals surface area contributed by atoms with E-state index in [0.717, 1.165) is 22.8 Å². The van der Waals surface area contributed by atoms with Gasteiger partial charge in [-0.25, -0.2) is 0 Å². The standard InChI is InChI=1S/C20H18N2O2/c1-15-8-9-18(14-21-15)22(17-10-12-19(24-2)13-11-17)20(23)16-6-4-3-5-7-16/h3-14H,1-2H3. The van der Waals surface area contributed by atoms with E-state index in [0.29, 0.717) is 5.56 Å². The van der Waals surface area contributed by atoms with Crippen LogP contribution in [0.15, 0.2) is 72.9 Å². The molecule has 1 aromatic heterocycles. The van der Waals surface area contributed by atoms with E-state index in [9.17, 15) is 4.79 Å². The SMILES string of the molecule is COc1ccc(N(C(=O)c2ccccc2)c2ccc(C)nc2)cc1. The molecule has 0 spiro atoms. The summed E-state index contributed by atoms with van der Waals surface area (Å²) >= 11 is 0. The second kappa shape index (κ2) is 6.96. The lowest BCUT2D eigenvalue weighted by atomic mass is 10.1. The minimum absolute atomic E-state index is 0.105. The average Bonchev–Trinajstić information content (AvgIpc) is 2.64. The summed E-state index contributed by atoms with van der Waals surface area (Å²) in [5, 5.41) is 0. The van der Waals surface area contributed by atoms with Gasteiger partial charge < -0.3 is 4.74 Å². The van der Waals surface area contributed by atoms with Crippen LogP contribution in [0.2, 0.25) is 0 Å². The lowest BCUT2D eigenvalue weighted by Crippen LogP contribution is -2.26. The summed E-state index contributed by atoms with van der Waals surface area (Å²) in [6.45, 7) is 1.92. The largest absolute Gasteiger partial charge is 0.497 e. The highest BCUT2D eigenvalue weighted by atomic mass is 16.5. The molecule has 24 heavy (non-hydrogen) atoms. The summed E-state index contributed by atoms with van der Waals surface area (Å²) in [4.78, 5) is 19.0. The van der Waals surface area contributed by atoms with Crippen molar-refractivity contribution in [2.45, 2.75) is 6.92 Å². The quantitative estimate of drug-likeness (QED) is 0.717. The first-order valence-electron chi connectivity index (χ1n) is 7.65. The van der Waals surface area contributed by atoms with Crippen molar-refractivity contribution in [2.75, 3.05) is 12.0 Å². The molecule has 0 aliphatic carbocycles. The average molecular weight is 318 g/mol. The minimum Gasteiger partial charge on any atom is -0.497 e. The van der Waals surface area contributed by atoms with Crippen LogP contribution >= 0.6 is 0 Å². The molecule has 2 aromatic carbocycles. The van der Waals surface area contributed by atoms with E-state index in [-0.39, 0.29) is 5.91 Å². The van der Waals surface area contributed by atoms with Crippen LogP contribution in [-0.2, 0) is 0 Å². The van der Waals surface area contributed by atoms with Crippen LogP contribution in [0.5, 0.6) is 5.75 Å². The molecule has 0 saturated heterocycles. The molecule has 0 fully saturated rings. The molecule has 120 valence electrons. The van der Waals surface area contributed by atoms with Gasteiger partial charge in [-0.05, 0) is 55.5 Å². The highest BCUT2D eigenvalue weighted by Crippen LogP contribution is 2.28. The van der Waals surface area contributed by atoms with Gasteiger partial charge in [0.25, 0.3) is 5.91 Å². The lowest BCUT2D eigenvalue weighted by Gasteiger charge is -2.23. The molecule has 0 atom stereocenters. The number of hydrogen-bond acceptors (Lipinski definition) is 3. The van der Waals surface area contributed by atoms with Crippen molar-refractivity contribution in [1.82, 2.24) is 4.98 Å². The van der Waals surface area contributed by atoms with E-state index in [1.54, 1.807) is 30.3 Å². The van der Waals surface area contributed by atoms with Crippen molar-refractivity contribution in [2.24, 2.45) is 0 Å². The number of pyridine rings is 1. The maximum Gasteiger partial charge on any atom is 0.262 e. The molecule has 1 amide bonds. The van der Waals surface area contributed by atoms with E-state index in [1.165, 1.54) is 0 Å². The fourth-order valence-electron chi connectivity index (χ4n) is 2.42. The molecule has 0 aliphatic heterocycles. The summed E-state index contributed by atoms with van der Waals surface area (Å²) in [5.74, 6) is 0.638. The van der Waals surface area contributed by atoms with Gasteiger partial charge in [-0.2, -0.15) is 0 Å². The molecular formula is C20H18N2O2. The maximum atomic E-state index is 13.1. The Hall–Kier alpha value is -3.14. The first kappa shape index (κ1) is 15.7. The summed E-state index contributed by atoms with van der Waals surface area (Å²) in [7, 11) is 1.62. The summed E-state index contributed by atoms with van der Waals surface area (Å²) < 4.78 is 5.20. The Bertz CT molecular complexity index is 813. The fourth-order valence-corrected chi connectivity index (χ4v) is 2.42. The topological polar surface area (TPSA) is 42.4 Å². The summed E-state index contributed by atoms with van der Waals surface area (Å²) in [6, 6.07) is 20.4. The highest BCUT2D eigenvalue weighted by molar-refractivity contribution is 6.10. The second-order valence-corrected chi connectivity index (χ2v) is 5.36. The molecule has 0 saturated carbocycles. The number of aromatic nitrogens is 1. The molecule has 0 unspecified atom stereocenters. The van der Waals surface area contributed by atoms with Gasteiger partial charge >= 0.3 is 0 Å². The predicted octanol–water partition coefficient (Wildman–Crippen LogP) is 4.38. The van der Waals surface area contributed by atoms with E-state index in [4.69, 9.17) is 4.74 Å². The molecule has 4 nitrogen and oxygen atoms in total. The number of carbonyl (C=O) groups excluding carboxylic acids is 1. The monoisotopic (exact) mass is 318 g/mol. The van der Waals surface area contributed by atoms with Gasteiger partial charge in [-0.3, -0.25) is 14.7 Å². The van der Waals surface area contributed by atoms with E-state index in [1.807, 2.05) is 61.5 Å². The van der Waals surface area contributed by atoms with E-state index in [2.05, 4.69) is 4.98 Å². The molecule has 0 N–H and O–H groups in total. The first-order valence-corrected chi connectivity index (χ1v) is 7.65. The van der Waals surface area contributed by atoms with Crippen molar-refractivity contribution in [3.05, 3.63) is 84.2 Å². The van der Waals surface area contributed by atoms with Crippen molar-refractivity contribution in [3.8, 4) is 5.75 Å². The number of methoxy groups -OCH3 is 1. The molecule has 4 heteroatoms. The number of hydrogen-bond donors (Lipinski definition) is 0. The Kier molecular flexibility index (Phi) is 4.57. The number of ether oxygens (including phenoxy) is 1. The van der Waals surface area contributed by atoms with Gasteiger partial charge in [0.1, 0.15) is 5.75 Å². The lowest BCUT2D eigenvalue weighted by molar-refractivity contribution is 0.0999. The van der Waals surface area contributed by atoms with Crippen LogP contribution in [0.3, 0.4) is 0 Å².